The number of carbonyl (C=O) groups is 1. The summed E-state index contributed by atoms with van der Waals surface area (Å²) < 4.78 is 5.20. The molecule has 2 nitrogen and oxygen atoms in total. The molecular formula is C9H18O2Si. The van der Waals surface area contributed by atoms with E-state index in [1.54, 1.807) is 6.92 Å². The van der Waals surface area contributed by atoms with Gasteiger partial charge in [0.25, 0.3) is 0 Å². The fraction of sp³-hybridized carbons (Fsp3) is 0.667. The van der Waals surface area contributed by atoms with E-state index in [0.29, 0.717) is 5.57 Å². The highest BCUT2D eigenvalue weighted by molar-refractivity contribution is 6.77. The van der Waals surface area contributed by atoms with E-state index < -0.39 is 8.07 Å². The summed E-state index contributed by atoms with van der Waals surface area (Å²) in [7, 11) is -1.35. The van der Waals surface area contributed by atoms with Crippen LogP contribution in [0.15, 0.2) is 12.2 Å². The van der Waals surface area contributed by atoms with E-state index in [1.165, 1.54) is 0 Å². The zero-order valence-corrected chi connectivity index (χ0v) is 9.60. The highest BCUT2D eigenvalue weighted by Gasteiger charge is 2.25. The molecule has 3 heteroatoms. The molecule has 1 unspecified atom stereocenters. The van der Waals surface area contributed by atoms with Crippen LogP contribution in [0.25, 0.3) is 0 Å². The van der Waals surface area contributed by atoms with Crippen molar-refractivity contribution >= 4 is 14.0 Å². The maximum absolute atomic E-state index is 11.1. The summed E-state index contributed by atoms with van der Waals surface area (Å²) in [6, 6.07) is 0. The van der Waals surface area contributed by atoms with Crippen LogP contribution in [0.2, 0.25) is 19.6 Å². The van der Waals surface area contributed by atoms with Crippen molar-refractivity contribution in [2.24, 2.45) is 0 Å². The van der Waals surface area contributed by atoms with Crippen LogP contribution in [0.1, 0.15) is 13.8 Å². The third-order valence-corrected chi connectivity index (χ3v) is 4.41. The molecule has 0 bridgehead atoms. The zero-order valence-electron chi connectivity index (χ0n) is 8.60. The summed E-state index contributed by atoms with van der Waals surface area (Å²) >= 11 is 0. The number of rotatable bonds is 3. The molecule has 0 aromatic rings. The van der Waals surface area contributed by atoms with E-state index in [0.717, 1.165) is 0 Å². The van der Waals surface area contributed by atoms with Crippen molar-refractivity contribution in [3.63, 3.8) is 0 Å². The van der Waals surface area contributed by atoms with E-state index >= 15 is 0 Å². The van der Waals surface area contributed by atoms with E-state index in [-0.39, 0.29) is 11.7 Å². The first-order chi connectivity index (χ1) is 5.25. The Morgan fingerprint density at radius 3 is 2.08 bits per heavy atom. The van der Waals surface area contributed by atoms with Crippen LogP contribution < -0.4 is 0 Å². The second kappa shape index (κ2) is 3.89. The van der Waals surface area contributed by atoms with Crippen LogP contribution in [-0.4, -0.2) is 19.8 Å². The lowest BCUT2D eigenvalue weighted by molar-refractivity contribution is -0.140. The van der Waals surface area contributed by atoms with Crippen LogP contribution in [0.5, 0.6) is 0 Å². The smallest absolute Gasteiger partial charge is 0.333 e. The highest BCUT2D eigenvalue weighted by atomic mass is 28.3. The van der Waals surface area contributed by atoms with Gasteiger partial charge in [0.2, 0.25) is 0 Å². The maximum Gasteiger partial charge on any atom is 0.333 e. The van der Waals surface area contributed by atoms with E-state index in [4.69, 9.17) is 4.74 Å². The first-order valence-electron chi connectivity index (χ1n) is 4.11. The number of hydrogen-bond donors (Lipinski definition) is 0. The van der Waals surface area contributed by atoms with Gasteiger partial charge in [0.15, 0.2) is 0 Å². The van der Waals surface area contributed by atoms with Crippen molar-refractivity contribution in [2.75, 3.05) is 0 Å². The summed E-state index contributed by atoms with van der Waals surface area (Å²) in [5, 5.41) is 0. The first-order valence-corrected chi connectivity index (χ1v) is 7.69. The standard InChI is InChI=1S/C9H18O2Si/c1-7(2)9(10)11-8(3)12(4,5)6/h8H,1H2,2-6H3. The van der Waals surface area contributed by atoms with E-state index in [9.17, 15) is 4.79 Å². The van der Waals surface area contributed by atoms with Gasteiger partial charge in [0.1, 0.15) is 0 Å². The Kier molecular flexibility index (Phi) is 3.71. The number of esters is 1. The molecule has 0 aliphatic carbocycles. The molecule has 0 aliphatic heterocycles. The quantitative estimate of drug-likeness (QED) is 0.384. The first kappa shape index (κ1) is 11.4. The van der Waals surface area contributed by atoms with Gasteiger partial charge in [-0.15, -0.1) is 0 Å². The van der Waals surface area contributed by atoms with E-state index in [1.807, 2.05) is 6.92 Å². The Morgan fingerprint density at radius 2 is 1.83 bits per heavy atom. The van der Waals surface area contributed by atoms with Crippen molar-refractivity contribution in [3.05, 3.63) is 12.2 Å². The second-order valence-corrected chi connectivity index (χ2v) is 9.74. The van der Waals surface area contributed by atoms with Crippen molar-refractivity contribution in [3.8, 4) is 0 Å². The van der Waals surface area contributed by atoms with Crippen molar-refractivity contribution in [2.45, 2.75) is 39.2 Å². The third-order valence-electron chi connectivity index (χ3n) is 1.85. The molecule has 0 rings (SSSR count). The van der Waals surface area contributed by atoms with E-state index in [2.05, 4.69) is 26.2 Å². The molecule has 0 heterocycles. The van der Waals surface area contributed by atoms with Crippen LogP contribution >= 0.6 is 0 Å². The fourth-order valence-corrected chi connectivity index (χ4v) is 0.899. The molecule has 0 aliphatic rings. The lowest BCUT2D eigenvalue weighted by Gasteiger charge is -2.24. The van der Waals surface area contributed by atoms with Gasteiger partial charge in [0.05, 0.1) is 13.8 Å². The fourth-order valence-electron chi connectivity index (χ4n) is 0.438. The lowest BCUT2D eigenvalue weighted by Crippen LogP contribution is -2.39. The summed E-state index contributed by atoms with van der Waals surface area (Å²) in [5.41, 5.74) is 0.529. The Balaban J connectivity index is 4.11. The molecule has 0 amide bonds. The average Bonchev–Trinajstić information content (AvgIpc) is 1.85. The van der Waals surface area contributed by atoms with Crippen LogP contribution in [0.3, 0.4) is 0 Å². The molecule has 0 N–H and O–H groups in total. The van der Waals surface area contributed by atoms with Gasteiger partial charge < -0.3 is 4.74 Å². The van der Waals surface area contributed by atoms with Gasteiger partial charge in [-0.2, -0.15) is 0 Å². The predicted molar refractivity (Wildman–Crippen MR) is 53.7 cm³/mol. The molecule has 0 radical (unpaired) electrons. The monoisotopic (exact) mass is 186 g/mol. The molecule has 0 saturated carbocycles. The molecule has 0 spiro atoms. The zero-order chi connectivity index (χ0) is 9.94. The lowest BCUT2D eigenvalue weighted by atomic mass is 10.4. The molecule has 1 atom stereocenters. The van der Waals surface area contributed by atoms with Gasteiger partial charge in [-0.25, -0.2) is 4.79 Å². The van der Waals surface area contributed by atoms with Gasteiger partial charge >= 0.3 is 5.97 Å². The van der Waals surface area contributed by atoms with Crippen molar-refractivity contribution in [1.82, 2.24) is 0 Å². The minimum absolute atomic E-state index is 0.0571. The topological polar surface area (TPSA) is 26.3 Å². The molecule has 12 heavy (non-hydrogen) atoms. The maximum atomic E-state index is 11.1. The van der Waals surface area contributed by atoms with Crippen molar-refractivity contribution < 1.29 is 9.53 Å². The summed E-state index contributed by atoms with van der Waals surface area (Å²) in [6.07, 6.45) is 0. The number of ether oxygens (including phenoxy) is 1. The largest absolute Gasteiger partial charge is 0.463 e. The minimum Gasteiger partial charge on any atom is -0.463 e. The summed E-state index contributed by atoms with van der Waals surface area (Å²) in [5.74, 6) is -0.273. The van der Waals surface area contributed by atoms with Crippen LogP contribution in [0, 0.1) is 0 Å². The molecule has 0 aromatic carbocycles. The summed E-state index contributed by atoms with van der Waals surface area (Å²) in [6.45, 7) is 13.7. The number of carbonyl (C=O) groups excluding carboxylic acids is 1. The normalized spacial score (nSPS) is 13.8. The Labute approximate surface area is 75.6 Å². The van der Waals surface area contributed by atoms with Gasteiger partial charge in [-0.1, -0.05) is 26.2 Å². The Bertz CT molecular complexity index is 191. The summed E-state index contributed by atoms with van der Waals surface area (Å²) in [4.78, 5) is 11.1. The number of hydrogen-bond acceptors (Lipinski definition) is 2. The molecule has 70 valence electrons. The third kappa shape index (κ3) is 3.71. The SMILES string of the molecule is C=C(C)C(=O)OC(C)[Si](C)(C)C. The molecule has 0 aromatic heterocycles. The van der Waals surface area contributed by atoms with Gasteiger partial charge in [-0.3, -0.25) is 0 Å². The van der Waals surface area contributed by atoms with Crippen LogP contribution in [-0.2, 0) is 9.53 Å². The Morgan fingerprint density at radius 1 is 1.42 bits per heavy atom. The average molecular weight is 186 g/mol. The van der Waals surface area contributed by atoms with Crippen LogP contribution in [0.4, 0.5) is 0 Å². The molecule has 0 saturated heterocycles. The van der Waals surface area contributed by atoms with Gasteiger partial charge in [0, 0.05) is 5.57 Å². The molecule has 0 fully saturated rings. The second-order valence-electron chi connectivity index (χ2n) is 4.19. The highest BCUT2D eigenvalue weighted by Crippen LogP contribution is 2.12. The minimum atomic E-state index is -1.35. The van der Waals surface area contributed by atoms with Gasteiger partial charge in [-0.05, 0) is 13.8 Å². The predicted octanol–water partition coefficient (Wildman–Crippen LogP) is 2.37. The molecular weight excluding hydrogens is 168 g/mol. The van der Waals surface area contributed by atoms with Crippen molar-refractivity contribution in [1.29, 1.82) is 0 Å². The Hall–Kier alpha value is -0.573.